The van der Waals surface area contributed by atoms with Gasteiger partial charge in [0.05, 0.1) is 16.7 Å². The molecule has 0 unspecified atom stereocenters. The van der Waals surface area contributed by atoms with Crippen LogP contribution in [0.15, 0.2) is 168 Å². The normalized spacial score (nSPS) is 14.5. The maximum absolute atomic E-state index is 6.77. The minimum Gasteiger partial charge on any atom is -0.510 e. The fraction of sp³-hybridized carbons (Fsp3) is 0.182. The van der Waals surface area contributed by atoms with Crippen LogP contribution in [-0.2, 0) is 37.3 Å². The molecule has 360 valence electrons. The number of ether oxygens (including phenoxy) is 1. The van der Waals surface area contributed by atoms with E-state index in [0.29, 0.717) is 11.5 Å². The number of benzene rings is 8. The first-order chi connectivity index (χ1) is 34.8. The van der Waals surface area contributed by atoms with Crippen LogP contribution < -0.4 is 9.30 Å². The number of rotatable bonds is 4. The summed E-state index contributed by atoms with van der Waals surface area (Å²) in [6.07, 6.45) is 8.12. The van der Waals surface area contributed by atoms with E-state index in [4.69, 9.17) is 14.1 Å². The molecule has 2 aliphatic rings. The minimum absolute atomic E-state index is 0. The van der Waals surface area contributed by atoms with E-state index in [-0.39, 0.29) is 37.3 Å². The maximum atomic E-state index is 6.77. The maximum Gasteiger partial charge on any atom is 0.268 e. The Balaban J connectivity index is 0.00000516. The fourth-order valence-corrected chi connectivity index (χ4v) is 11.9. The Hall–Kier alpha value is -7.53. The van der Waals surface area contributed by atoms with E-state index in [1.54, 1.807) is 0 Å². The van der Waals surface area contributed by atoms with Gasteiger partial charge >= 0.3 is 0 Å². The zero-order chi connectivity index (χ0) is 48.8. The Kier molecular flexibility index (Phi) is 10.1. The molecular weight excluding hydrogens is 1080 g/mol. The van der Waals surface area contributed by atoms with Crippen molar-refractivity contribution < 1.29 is 34.8 Å². The molecule has 0 spiro atoms. The summed E-state index contributed by atoms with van der Waals surface area (Å²) in [5.74, 6) is 1.99. The van der Waals surface area contributed by atoms with E-state index in [2.05, 4.69) is 214 Å². The molecule has 14 rings (SSSR count). The summed E-state index contributed by atoms with van der Waals surface area (Å²) < 4.78 is 20.1. The third-order valence-corrected chi connectivity index (χ3v) is 15.8. The molecule has 7 heteroatoms. The van der Waals surface area contributed by atoms with Gasteiger partial charge in [-0.25, -0.2) is 4.98 Å². The predicted molar refractivity (Wildman–Crippen MR) is 291 cm³/mol. The predicted octanol–water partition coefficient (Wildman–Crippen LogP) is 16.4. The van der Waals surface area contributed by atoms with Gasteiger partial charge in [-0.1, -0.05) is 145 Å². The molecule has 0 amide bonds. The van der Waals surface area contributed by atoms with Crippen LogP contribution in [0.1, 0.15) is 78.0 Å². The molecule has 0 atom stereocenters. The second-order valence-electron chi connectivity index (χ2n) is 22.2. The number of pyridine rings is 1. The molecule has 8 aromatic carbocycles. The van der Waals surface area contributed by atoms with Gasteiger partial charge < -0.3 is 18.3 Å². The van der Waals surface area contributed by atoms with Crippen LogP contribution in [0.3, 0.4) is 0 Å². The van der Waals surface area contributed by atoms with Gasteiger partial charge in [-0.3, -0.25) is 4.57 Å². The number of para-hydroxylation sites is 3. The standard InChI is InChI=1S/C66H52N4O2.Pt/c1-64(2,3)40-30-33-67-60(34-40)70-55-23-12-10-20-46(55)47-27-26-43(36-57(47)70)71-42-17-14-16-41(35-42)68-39-69-62-48(22-15-24-56(62)68)44-18-8-9-19-45(44)51-37-53-54(66(6,7)32-31-65(53,4)5)38-52(51)49-28-29-59-61(63(49)69)50-21-11-13-25-58(50)72-59;/h8-30,33-34,37-38H,31-32H2,1-7H3;/q-2;. The van der Waals surface area contributed by atoms with Gasteiger partial charge in [-0.15, -0.1) is 29.7 Å². The van der Waals surface area contributed by atoms with Crippen LogP contribution in [0.4, 0.5) is 0 Å². The first-order valence-electron chi connectivity index (χ1n) is 25.2. The molecule has 0 radical (unpaired) electrons. The molecular formula is C66H52N4O2Pt-2. The Bertz CT molecular complexity index is 4250. The summed E-state index contributed by atoms with van der Waals surface area (Å²) in [6.45, 7) is 16.4. The Labute approximate surface area is 439 Å². The molecule has 0 fully saturated rings. The third kappa shape index (κ3) is 6.93. The molecule has 73 heavy (non-hydrogen) atoms. The number of hydrogen-bond acceptors (Lipinski definition) is 3. The third-order valence-electron chi connectivity index (χ3n) is 15.8. The summed E-state index contributed by atoms with van der Waals surface area (Å²) in [5.41, 5.74) is 18.6. The summed E-state index contributed by atoms with van der Waals surface area (Å²) in [6, 6.07) is 63.8. The molecule has 12 aromatic rings. The van der Waals surface area contributed by atoms with E-state index < -0.39 is 0 Å². The Morgan fingerprint density at radius 1 is 0.589 bits per heavy atom. The van der Waals surface area contributed by atoms with E-state index in [0.717, 1.165) is 95.9 Å². The number of aromatic nitrogens is 4. The van der Waals surface area contributed by atoms with E-state index >= 15 is 0 Å². The fourth-order valence-electron chi connectivity index (χ4n) is 11.9. The van der Waals surface area contributed by atoms with Gasteiger partial charge in [0, 0.05) is 55.1 Å². The monoisotopic (exact) mass is 1130 g/mol. The van der Waals surface area contributed by atoms with Crippen molar-refractivity contribution in [2.75, 3.05) is 0 Å². The Morgan fingerprint density at radius 3 is 2.03 bits per heavy atom. The summed E-state index contributed by atoms with van der Waals surface area (Å²) >= 11 is 0. The smallest absolute Gasteiger partial charge is 0.268 e. The van der Waals surface area contributed by atoms with Crippen LogP contribution in [0.2, 0.25) is 0 Å². The first-order valence-corrected chi connectivity index (χ1v) is 25.2. The zero-order valence-corrected chi connectivity index (χ0v) is 44.2. The molecule has 4 aromatic heterocycles. The van der Waals surface area contributed by atoms with Crippen LogP contribution in [0, 0.1) is 18.5 Å². The van der Waals surface area contributed by atoms with Gasteiger partial charge in [0.25, 0.3) is 6.33 Å². The van der Waals surface area contributed by atoms with Gasteiger partial charge in [-0.2, -0.15) is 18.2 Å². The molecule has 0 bridgehead atoms. The van der Waals surface area contributed by atoms with Crippen LogP contribution in [0.25, 0.3) is 105 Å². The van der Waals surface area contributed by atoms with Gasteiger partial charge in [0.2, 0.25) is 0 Å². The van der Waals surface area contributed by atoms with Crippen molar-refractivity contribution in [2.45, 2.75) is 77.6 Å². The number of imidazole rings is 1. The first kappa shape index (κ1) is 45.3. The van der Waals surface area contributed by atoms with E-state index in [1.165, 1.54) is 38.9 Å². The van der Waals surface area contributed by atoms with Gasteiger partial charge in [-0.05, 0) is 127 Å². The van der Waals surface area contributed by atoms with E-state index in [1.807, 2.05) is 30.5 Å². The second-order valence-corrected chi connectivity index (χ2v) is 22.2. The Morgan fingerprint density at radius 2 is 1.25 bits per heavy atom. The molecule has 0 N–H and O–H groups in total. The molecule has 5 heterocycles. The van der Waals surface area contributed by atoms with Crippen LogP contribution in [0.5, 0.6) is 11.5 Å². The van der Waals surface area contributed by atoms with Crippen molar-refractivity contribution >= 4 is 54.8 Å². The van der Waals surface area contributed by atoms with Crippen molar-refractivity contribution in [1.29, 1.82) is 0 Å². The molecule has 1 aliphatic heterocycles. The summed E-state index contributed by atoms with van der Waals surface area (Å²) in [7, 11) is 0. The van der Waals surface area contributed by atoms with Crippen molar-refractivity contribution in [3.05, 3.63) is 199 Å². The number of hydrogen-bond donors (Lipinski definition) is 0. The topological polar surface area (TPSA) is 49.0 Å². The van der Waals surface area contributed by atoms with Crippen LogP contribution >= 0.6 is 0 Å². The van der Waals surface area contributed by atoms with Crippen molar-refractivity contribution in [2.24, 2.45) is 0 Å². The number of furan rings is 1. The molecule has 0 saturated carbocycles. The molecule has 6 nitrogen and oxygen atoms in total. The van der Waals surface area contributed by atoms with Gasteiger partial charge in [0.15, 0.2) is 0 Å². The SMILES string of the molecule is CC(C)(C)c1ccnc(-n2c3[c-]c(Oc4[c-]c(-n5[c-][n+]6c7c(cccc75)-c5ccccc5-c5cc7c(cc5-c5ccc8oc9ccccc9c8c5-6)C(C)(C)CCC7(C)C)ccc4)ccc3c3ccccc32)c1.[Pt]. The summed E-state index contributed by atoms with van der Waals surface area (Å²) in [5, 5.41) is 4.33. The van der Waals surface area contributed by atoms with Crippen molar-refractivity contribution in [3.8, 4) is 62.1 Å². The largest absolute Gasteiger partial charge is 0.510 e. The number of nitrogens with zero attached hydrogens (tertiary/aromatic N) is 4. The van der Waals surface area contributed by atoms with Gasteiger partial charge in [0.1, 0.15) is 17.0 Å². The second kappa shape index (κ2) is 16.2. The number of fused-ring (bicyclic) bond motifs is 15. The average molecular weight is 1130 g/mol. The quantitative estimate of drug-likeness (QED) is 0.130. The zero-order valence-electron chi connectivity index (χ0n) is 41.9. The van der Waals surface area contributed by atoms with Crippen molar-refractivity contribution in [3.63, 3.8) is 0 Å². The minimum atomic E-state index is -0.0398. The van der Waals surface area contributed by atoms with Crippen LogP contribution in [-0.4, -0.2) is 14.1 Å². The average Bonchev–Trinajstić information content (AvgIpc) is 4.07. The van der Waals surface area contributed by atoms with E-state index in [9.17, 15) is 0 Å². The molecule has 1 aliphatic carbocycles. The van der Waals surface area contributed by atoms with Crippen molar-refractivity contribution in [1.82, 2.24) is 14.1 Å². The molecule has 0 saturated heterocycles. The summed E-state index contributed by atoms with van der Waals surface area (Å²) in [4.78, 5) is 4.89.